The molecule has 1 nitrogen and oxygen atoms in total. The molecule has 22 heavy (non-hydrogen) atoms. The van der Waals surface area contributed by atoms with Gasteiger partial charge in [0.25, 0.3) is 0 Å². The molecule has 0 aromatic carbocycles. The van der Waals surface area contributed by atoms with Crippen molar-refractivity contribution >= 4 is 0 Å². The van der Waals surface area contributed by atoms with Crippen LogP contribution in [0.15, 0.2) is 0 Å². The molecular weight excluding hydrogens is 266 g/mol. The molecule has 1 N–H and O–H groups in total. The van der Waals surface area contributed by atoms with Crippen molar-refractivity contribution in [1.29, 1.82) is 0 Å². The molecule has 0 spiro atoms. The van der Waals surface area contributed by atoms with Crippen LogP contribution in [0, 0.1) is 5.92 Å². The highest BCUT2D eigenvalue weighted by Gasteiger charge is 2.20. The van der Waals surface area contributed by atoms with E-state index >= 15 is 0 Å². The maximum atomic E-state index is 2.37. The highest BCUT2D eigenvalue weighted by atomic mass is 15.1. The normalized spacial score (nSPS) is 22.1. The van der Waals surface area contributed by atoms with Gasteiger partial charge >= 0.3 is 0 Å². The Kier molecular flexibility index (Phi) is 13.2. The summed E-state index contributed by atoms with van der Waals surface area (Å²) >= 11 is 0. The molecule has 1 heterocycles. The lowest BCUT2D eigenvalue weighted by Crippen LogP contribution is -3.13. The van der Waals surface area contributed by atoms with Crippen LogP contribution in [-0.2, 0) is 0 Å². The van der Waals surface area contributed by atoms with E-state index in [-0.39, 0.29) is 0 Å². The fourth-order valence-electron chi connectivity index (χ4n) is 4.04. The molecule has 0 radical (unpaired) electrons. The van der Waals surface area contributed by atoms with Crippen molar-refractivity contribution in [3.8, 4) is 0 Å². The molecule has 2 atom stereocenters. The topological polar surface area (TPSA) is 4.44 Å². The molecule has 0 saturated carbocycles. The van der Waals surface area contributed by atoms with Gasteiger partial charge in [0.1, 0.15) is 0 Å². The summed E-state index contributed by atoms with van der Waals surface area (Å²) in [5.41, 5.74) is 0. The number of quaternary nitrogens is 1. The van der Waals surface area contributed by atoms with Crippen LogP contribution in [0.25, 0.3) is 0 Å². The molecule has 0 aromatic heterocycles. The van der Waals surface area contributed by atoms with Gasteiger partial charge in [-0.15, -0.1) is 0 Å². The predicted molar refractivity (Wildman–Crippen MR) is 99.7 cm³/mol. The number of hydrogen-bond acceptors (Lipinski definition) is 0. The zero-order valence-electron chi connectivity index (χ0n) is 15.8. The second-order valence-corrected chi connectivity index (χ2v) is 7.76. The van der Waals surface area contributed by atoms with E-state index in [4.69, 9.17) is 0 Å². The number of rotatable bonds is 14. The van der Waals surface area contributed by atoms with E-state index in [0.29, 0.717) is 0 Å². The Balaban J connectivity index is 1.78. The Morgan fingerprint density at radius 2 is 1.27 bits per heavy atom. The first-order chi connectivity index (χ1) is 10.9. The summed E-state index contributed by atoms with van der Waals surface area (Å²) in [6, 6.07) is 0. The molecule has 0 amide bonds. The van der Waals surface area contributed by atoms with Crippen molar-refractivity contribution in [2.24, 2.45) is 5.92 Å². The van der Waals surface area contributed by atoms with Gasteiger partial charge in [-0.3, -0.25) is 0 Å². The molecule has 0 bridgehead atoms. The van der Waals surface area contributed by atoms with Gasteiger partial charge < -0.3 is 4.90 Å². The quantitative estimate of drug-likeness (QED) is 0.410. The van der Waals surface area contributed by atoms with Gasteiger partial charge in [-0.1, -0.05) is 78.1 Å². The summed E-state index contributed by atoms with van der Waals surface area (Å²) in [5.74, 6) is 1.03. The van der Waals surface area contributed by atoms with Gasteiger partial charge in [0.05, 0.1) is 19.6 Å². The third kappa shape index (κ3) is 10.6. The van der Waals surface area contributed by atoms with Crippen molar-refractivity contribution in [2.75, 3.05) is 19.6 Å². The van der Waals surface area contributed by atoms with Crippen LogP contribution in [0.5, 0.6) is 0 Å². The number of nitrogens with one attached hydrogen (secondary N) is 1. The number of piperidine rings is 1. The van der Waals surface area contributed by atoms with Crippen molar-refractivity contribution in [3.63, 3.8) is 0 Å². The lowest BCUT2D eigenvalue weighted by atomic mass is 9.95. The van der Waals surface area contributed by atoms with Crippen LogP contribution in [0.3, 0.4) is 0 Å². The highest BCUT2D eigenvalue weighted by Crippen LogP contribution is 2.12. The molecule has 1 aliphatic rings. The predicted octanol–water partition coefficient (Wildman–Crippen LogP) is 5.39. The molecule has 2 unspecified atom stereocenters. The van der Waals surface area contributed by atoms with Gasteiger partial charge in [0, 0.05) is 5.92 Å². The van der Waals surface area contributed by atoms with E-state index in [9.17, 15) is 0 Å². The fourth-order valence-corrected chi connectivity index (χ4v) is 4.04. The summed E-state index contributed by atoms with van der Waals surface area (Å²) in [6.07, 6.45) is 22.0. The van der Waals surface area contributed by atoms with E-state index in [1.807, 2.05) is 4.90 Å². The molecule has 1 saturated heterocycles. The van der Waals surface area contributed by atoms with Crippen LogP contribution >= 0.6 is 0 Å². The standard InChI is InChI=1S/C21H43N/c1-3-5-6-7-8-9-10-11-12-13-14-15-18-22-19-16-17-21(4-2)20-22/h21H,3-20H2,1-2H3/p+1. The minimum absolute atomic E-state index is 1.03. The minimum Gasteiger partial charge on any atom is -0.335 e. The average molecular weight is 311 g/mol. The Hall–Kier alpha value is -0.0400. The summed E-state index contributed by atoms with van der Waals surface area (Å²) in [7, 11) is 0. The fraction of sp³-hybridized carbons (Fsp3) is 1.00. The first-order valence-electron chi connectivity index (χ1n) is 10.7. The molecule has 1 rings (SSSR count). The van der Waals surface area contributed by atoms with Crippen LogP contribution in [0.2, 0.25) is 0 Å². The van der Waals surface area contributed by atoms with Crippen molar-refractivity contribution < 1.29 is 4.90 Å². The summed E-state index contributed by atoms with van der Waals surface area (Å²) in [4.78, 5) is 1.91. The lowest BCUT2D eigenvalue weighted by molar-refractivity contribution is -0.909. The van der Waals surface area contributed by atoms with Gasteiger partial charge in [-0.2, -0.15) is 0 Å². The summed E-state index contributed by atoms with van der Waals surface area (Å²) < 4.78 is 0. The largest absolute Gasteiger partial charge is 0.335 e. The van der Waals surface area contributed by atoms with Gasteiger partial charge in [-0.05, 0) is 32.1 Å². The van der Waals surface area contributed by atoms with Crippen molar-refractivity contribution in [3.05, 3.63) is 0 Å². The van der Waals surface area contributed by atoms with E-state index < -0.39 is 0 Å². The Labute approximate surface area is 141 Å². The molecule has 0 aromatic rings. The van der Waals surface area contributed by atoms with Crippen LogP contribution in [0.4, 0.5) is 0 Å². The van der Waals surface area contributed by atoms with Crippen molar-refractivity contribution in [2.45, 2.75) is 110 Å². The zero-order valence-corrected chi connectivity index (χ0v) is 15.8. The van der Waals surface area contributed by atoms with E-state index in [2.05, 4.69) is 13.8 Å². The smallest absolute Gasteiger partial charge is 0.0799 e. The third-order valence-electron chi connectivity index (χ3n) is 5.68. The molecule has 132 valence electrons. The number of hydrogen-bond donors (Lipinski definition) is 1. The zero-order chi connectivity index (χ0) is 15.9. The Bertz CT molecular complexity index is 226. The monoisotopic (exact) mass is 310 g/mol. The Morgan fingerprint density at radius 3 is 1.82 bits per heavy atom. The molecule has 1 aliphatic heterocycles. The number of unbranched alkanes of at least 4 members (excludes halogenated alkanes) is 11. The lowest BCUT2D eigenvalue weighted by Gasteiger charge is -2.29. The molecular formula is C21H44N+. The maximum absolute atomic E-state index is 2.37. The molecule has 0 aliphatic carbocycles. The Morgan fingerprint density at radius 1 is 0.727 bits per heavy atom. The SMILES string of the molecule is CCCCCCCCCCCCCC[NH+]1CCCC(CC)C1. The maximum Gasteiger partial charge on any atom is 0.0799 e. The molecule has 1 fully saturated rings. The third-order valence-corrected chi connectivity index (χ3v) is 5.68. The summed E-state index contributed by atoms with van der Waals surface area (Å²) in [5, 5.41) is 0. The van der Waals surface area contributed by atoms with Crippen molar-refractivity contribution in [1.82, 2.24) is 0 Å². The van der Waals surface area contributed by atoms with Gasteiger partial charge in [-0.25, -0.2) is 0 Å². The highest BCUT2D eigenvalue weighted by molar-refractivity contribution is 4.59. The van der Waals surface area contributed by atoms with E-state index in [0.717, 1.165) is 5.92 Å². The summed E-state index contributed by atoms with van der Waals surface area (Å²) in [6.45, 7) is 9.04. The van der Waals surface area contributed by atoms with Crippen LogP contribution < -0.4 is 4.90 Å². The minimum atomic E-state index is 1.03. The van der Waals surface area contributed by atoms with Crippen LogP contribution in [-0.4, -0.2) is 19.6 Å². The first-order valence-corrected chi connectivity index (χ1v) is 10.7. The van der Waals surface area contributed by atoms with Gasteiger partial charge in [0.15, 0.2) is 0 Å². The first kappa shape index (κ1) is 20.0. The average Bonchev–Trinajstić information content (AvgIpc) is 2.56. The van der Waals surface area contributed by atoms with E-state index in [1.165, 1.54) is 116 Å². The van der Waals surface area contributed by atoms with E-state index in [1.54, 1.807) is 0 Å². The second kappa shape index (κ2) is 14.5. The van der Waals surface area contributed by atoms with Crippen LogP contribution in [0.1, 0.15) is 110 Å². The second-order valence-electron chi connectivity index (χ2n) is 7.76. The van der Waals surface area contributed by atoms with Gasteiger partial charge in [0.2, 0.25) is 0 Å². The number of likely N-dealkylation sites (tertiary alicyclic amines) is 1. The molecule has 1 heteroatoms.